The summed E-state index contributed by atoms with van der Waals surface area (Å²) in [6.45, 7) is 3.70. The van der Waals surface area contributed by atoms with Crippen LogP contribution in [0.3, 0.4) is 0 Å². The van der Waals surface area contributed by atoms with E-state index in [1.807, 2.05) is 13.8 Å². The zero-order valence-corrected chi connectivity index (χ0v) is 13.2. The number of rotatable bonds is 5. The second kappa shape index (κ2) is 7.33. The first-order valence-corrected chi connectivity index (χ1v) is 8.00. The van der Waals surface area contributed by atoms with Crippen LogP contribution in [0.25, 0.3) is 0 Å². The van der Waals surface area contributed by atoms with E-state index in [1.54, 1.807) is 12.1 Å². The van der Waals surface area contributed by atoms with Gasteiger partial charge < -0.3 is 0 Å². The maximum absolute atomic E-state index is 12.8. The number of allylic oxidation sites excluding steroid dienone is 1. The fourth-order valence-electron chi connectivity index (χ4n) is 1.45. The third kappa shape index (κ3) is 5.28. The summed E-state index contributed by atoms with van der Waals surface area (Å²) < 4.78 is 13.5. The van der Waals surface area contributed by atoms with Crippen LogP contribution in [0.4, 0.5) is 9.52 Å². The van der Waals surface area contributed by atoms with Crippen LogP contribution < -0.4 is 5.32 Å². The lowest BCUT2D eigenvalue weighted by atomic mass is 10.2. The summed E-state index contributed by atoms with van der Waals surface area (Å²) in [5.74, 6) is 0.224. The monoisotopic (exact) mass is 323 g/mol. The second-order valence-electron chi connectivity index (χ2n) is 4.50. The van der Waals surface area contributed by atoms with E-state index in [9.17, 15) is 9.18 Å². The number of nitrogens with zero attached hydrogens (tertiary/aromatic N) is 2. The number of nitrogens with one attached hydrogen (secondary N) is 1. The van der Waals surface area contributed by atoms with Gasteiger partial charge in [-0.05, 0) is 31.5 Å². The van der Waals surface area contributed by atoms with Crippen molar-refractivity contribution >= 4 is 34.1 Å². The largest absolute Gasteiger partial charge is 0.297 e. The van der Waals surface area contributed by atoms with E-state index in [2.05, 4.69) is 15.5 Å². The first-order valence-electron chi connectivity index (χ1n) is 6.19. The quantitative estimate of drug-likeness (QED) is 0.515. The predicted octanol–water partition coefficient (Wildman–Crippen LogP) is 3.87. The van der Waals surface area contributed by atoms with Crippen molar-refractivity contribution in [1.82, 2.24) is 10.2 Å². The normalized spacial score (nSPS) is 10.2. The predicted molar refractivity (Wildman–Crippen MR) is 83.9 cm³/mol. The van der Waals surface area contributed by atoms with Crippen molar-refractivity contribution in [3.05, 3.63) is 47.3 Å². The SMILES string of the molecule is CC(C)=CC(=O)Nc1nnc(SCc2ccc(F)cc2)s1. The lowest BCUT2D eigenvalue weighted by Crippen LogP contribution is -2.07. The molecule has 0 bridgehead atoms. The number of carbonyl (C=O) groups is 1. The molecule has 0 saturated carbocycles. The number of anilines is 1. The topological polar surface area (TPSA) is 54.9 Å². The molecule has 0 radical (unpaired) electrons. The van der Waals surface area contributed by atoms with Crippen LogP contribution in [-0.4, -0.2) is 16.1 Å². The van der Waals surface area contributed by atoms with E-state index in [4.69, 9.17) is 0 Å². The first-order chi connectivity index (χ1) is 10.0. The third-order valence-corrected chi connectivity index (χ3v) is 4.38. The molecule has 2 rings (SSSR count). The highest BCUT2D eigenvalue weighted by atomic mass is 32.2. The number of thioether (sulfide) groups is 1. The first kappa shape index (κ1) is 15.7. The number of benzene rings is 1. The zero-order chi connectivity index (χ0) is 15.2. The standard InChI is InChI=1S/C14H14FN3OS2/c1-9(2)7-12(19)16-13-17-18-14(21-13)20-8-10-3-5-11(15)6-4-10/h3-7H,8H2,1-2H3,(H,16,17,19). The Hall–Kier alpha value is -1.73. The third-order valence-electron chi connectivity index (χ3n) is 2.33. The van der Waals surface area contributed by atoms with E-state index in [0.717, 1.165) is 15.5 Å². The molecule has 0 saturated heterocycles. The number of amides is 1. The van der Waals surface area contributed by atoms with Gasteiger partial charge in [-0.2, -0.15) is 0 Å². The lowest BCUT2D eigenvalue weighted by molar-refractivity contribution is -0.111. The van der Waals surface area contributed by atoms with Crippen LogP contribution in [0.2, 0.25) is 0 Å². The summed E-state index contributed by atoms with van der Waals surface area (Å²) in [5.41, 5.74) is 1.93. The summed E-state index contributed by atoms with van der Waals surface area (Å²) in [7, 11) is 0. The molecule has 1 heterocycles. The number of aromatic nitrogens is 2. The van der Waals surface area contributed by atoms with Crippen molar-refractivity contribution in [3.63, 3.8) is 0 Å². The molecule has 0 unspecified atom stereocenters. The highest BCUT2D eigenvalue weighted by molar-refractivity contribution is 8.00. The number of hydrogen-bond donors (Lipinski definition) is 1. The Balaban J connectivity index is 1.89. The molecular weight excluding hydrogens is 309 g/mol. The van der Waals surface area contributed by atoms with E-state index in [-0.39, 0.29) is 11.7 Å². The van der Waals surface area contributed by atoms with E-state index in [1.165, 1.54) is 41.3 Å². The summed E-state index contributed by atoms with van der Waals surface area (Å²) >= 11 is 2.81. The van der Waals surface area contributed by atoms with Crippen molar-refractivity contribution in [2.75, 3.05) is 5.32 Å². The molecule has 2 aromatic rings. The molecule has 7 heteroatoms. The minimum atomic E-state index is -0.246. The molecule has 0 fully saturated rings. The molecule has 1 aromatic carbocycles. The molecule has 4 nitrogen and oxygen atoms in total. The van der Waals surface area contributed by atoms with E-state index in [0.29, 0.717) is 10.9 Å². The summed E-state index contributed by atoms with van der Waals surface area (Å²) in [6, 6.07) is 6.34. The van der Waals surface area contributed by atoms with Gasteiger partial charge in [0.2, 0.25) is 11.0 Å². The molecule has 0 spiro atoms. The highest BCUT2D eigenvalue weighted by Crippen LogP contribution is 2.28. The minimum absolute atomic E-state index is 0.207. The molecule has 1 amide bonds. The lowest BCUT2D eigenvalue weighted by Gasteiger charge is -1.98. The van der Waals surface area contributed by atoms with Gasteiger partial charge >= 0.3 is 0 Å². The van der Waals surface area contributed by atoms with Gasteiger partial charge in [-0.25, -0.2) is 4.39 Å². The van der Waals surface area contributed by atoms with Crippen LogP contribution >= 0.6 is 23.1 Å². The van der Waals surface area contributed by atoms with Crippen molar-refractivity contribution in [3.8, 4) is 0 Å². The molecule has 0 aliphatic heterocycles. The second-order valence-corrected chi connectivity index (χ2v) is 6.70. The average molecular weight is 323 g/mol. The molecular formula is C14H14FN3OS2. The Morgan fingerprint density at radius 2 is 2.05 bits per heavy atom. The summed E-state index contributed by atoms with van der Waals surface area (Å²) in [5, 5.41) is 11.1. The fourth-order valence-corrected chi connectivity index (χ4v) is 3.16. The van der Waals surface area contributed by atoms with Crippen molar-refractivity contribution in [1.29, 1.82) is 0 Å². The van der Waals surface area contributed by atoms with E-state index >= 15 is 0 Å². The minimum Gasteiger partial charge on any atom is -0.297 e. The molecule has 1 N–H and O–H groups in total. The molecule has 1 aromatic heterocycles. The Labute approximate surface area is 130 Å². The smallest absolute Gasteiger partial charge is 0.250 e. The number of halogens is 1. The number of hydrogen-bond acceptors (Lipinski definition) is 5. The summed E-state index contributed by atoms with van der Waals surface area (Å²) in [6.07, 6.45) is 1.51. The van der Waals surface area contributed by atoms with Crippen LogP contribution in [0.5, 0.6) is 0 Å². The average Bonchev–Trinajstić information content (AvgIpc) is 2.84. The van der Waals surface area contributed by atoms with Crippen LogP contribution in [-0.2, 0) is 10.5 Å². The van der Waals surface area contributed by atoms with Crippen LogP contribution in [0, 0.1) is 5.82 Å². The maximum Gasteiger partial charge on any atom is 0.250 e. The van der Waals surface area contributed by atoms with Gasteiger partial charge in [-0.1, -0.05) is 40.8 Å². The molecule has 0 atom stereocenters. The van der Waals surface area contributed by atoms with Gasteiger partial charge in [0, 0.05) is 11.8 Å². The Bertz CT molecular complexity index is 648. The van der Waals surface area contributed by atoms with Gasteiger partial charge in [-0.3, -0.25) is 10.1 Å². The number of carbonyl (C=O) groups excluding carboxylic acids is 1. The Morgan fingerprint density at radius 1 is 1.33 bits per heavy atom. The van der Waals surface area contributed by atoms with Gasteiger partial charge in [0.05, 0.1) is 0 Å². The van der Waals surface area contributed by atoms with Gasteiger partial charge in [0.25, 0.3) is 0 Å². The highest BCUT2D eigenvalue weighted by Gasteiger charge is 2.07. The molecule has 21 heavy (non-hydrogen) atoms. The molecule has 0 aliphatic carbocycles. The van der Waals surface area contributed by atoms with Gasteiger partial charge in [0.1, 0.15) is 5.82 Å². The Kier molecular flexibility index (Phi) is 5.46. The van der Waals surface area contributed by atoms with Crippen LogP contribution in [0.15, 0.2) is 40.3 Å². The van der Waals surface area contributed by atoms with Crippen LogP contribution in [0.1, 0.15) is 19.4 Å². The van der Waals surface area contributed by atoms with Gasteiger partial charge in [-0.15, -0.1) is 10.2 Å². The maximum atomic E-state index is 12.8. The molecule has 110 valence electrons. The fraction of sp³-hybridized carbons (Fsp3) is 0.214. The van der Waals surface area contributed by atoms with Crippen molar-refractivity contribution in [2.24, 2.45) is 0 Å². The Morgan fingerprint density at radius 3 is 2.71 bits per heavy atom. The van der Waals surface area contributed by atoms with Crippen molar-refractivity contribution < 1.29 is 9.18 Å². The van der Waals surface area contributed by atoms with E-state index < -0.39 is 0 Å². The van der Waals surface area contributed by atoms with Crippen molar-refractivity contribution in [2.45, 2.75) is 23.9 Å². The molecule has 0 aliphatic rings. The zero-order valence-electron chi connectivity index (χ0n) is 11.6. The van der Waals surface area contributed by atoms with Gasteiger partial charge in [0.15, 0.2) is 4.34 Å². The summed E-state index contributed by atoms with van der Waals surface area (Å²) in [4.78, 5) is 11.6.